The summed E-state index contributed by atoms with van der Waals surface area (Å²) in [6.45, 7) is 2.94. The number of hydrogen-bond acceptors (Lipinski definition) is 4. The third-order valence-corrected chi connectivity index (χ3v) is 5.62. The molecular weight excluding hydrogens is 376 g/mol. The van der Waals surface area contributed by atoms with Gasteiger partial charge in [0.05, 0.1) is 21.3 Å². The standard InChI is InChI=1S/C25H34N2O3/c1-5-6-9-17-11-12-21-20(14-17)19(10-7-8-13-26)24(27-21)18-15-22(28-2)25(30-4)23(16-18)29-3/h11-12,14-16,27H,5-10,13,26H2,1-4H3. The lowest BCUT2D eigenvalue weighted by atomic mass is 9.98. The highest BCUT2D eigenvalue weighted by atomic mass is 16.5. The van der Waals surface area contributed by atoms with Gasteiger partial charge in [0.25, 0.3) is 0 Å². The van der Waals surface area contributed by atoms with E-state index in [2.05, 4.69) is 30.1 Å². The molecule has 0 radical (unpaired) electrons. The molecule has 0 saturated carbocycles. The summed E-state index contributed by atoms with van der Waals surface area (Å²) in [6.07, 6.45) is 6.56. The number of aromatic nitrogens is 1. The summed E-state index contributed by atoms with van der Waals surface area (Å²) in [5.41, 5.74) is 11.8. The molecule has 3 aromatic rings. The predicted molar refractivity (Wildman–Crippen MR) is 124 cm³/mol. The summed E-state index contributed by atoms with van der Waals surface area (Å²) < 4.78 is 16.7. The van der Waals surface area contributed by atoms with E-state index in [9.17, 15) is 0 Å². The van der Waals surface area contributed by atoms with Crippen LogP contribution in [-0.4, -0.2) is 32.9 Å². The second-order valence-electron chi connectivity index (χ2n) is 7.62. The molecule has 30 heavy (non-hydrogen) atoms. The Labute approximate surface area is 179 Å². The second kappa shape index (κ2) is 10.4. The van der Waals surface area contributed by atoms with Crippen LogP contribution in [0.15, 0.2) is 30.3 Å². The van der Waals surface area contributed by atoms with E-state index < -0.39 is 0 Å². The Morgan fingerprint density at radius 2 is 1.60 bits per heavy atom. The molecule has 0 amide bonds. The van der Waals surface area contributed by atoms with Crippen LogP contribution < -0.4 is 19.9 Å². The number of methoxy groups -OCH3 is 3. The Kier molecular flexibility index (Phi) is 7.63. The van der Waals surface area contributed by atoms with Crippen LogP contribution in [0.1, 0.15) is 43.7 Å². The third-order valence-electron chi connectivity index (χ3n) is 5.62. The molecule has 1 heterocycles. The number of fused-ring (bicyclic) bond motifs is 1. The first-order valence-electron chi connectivity index (χ1n) is 10.8. The normalized spacial score (nSPS) is 11.1. The molecule has 0 aliphatic carbocycles. The number of benzene rings is 2. The van der Waals surface area contributed by atoms with E-state index in [1.54, 1.807) is 21.3 Å². The smallest absolute Gasteiger partial charge is 0.203 e. The van der Waals surface area contributed by atoms with Gasteiger partial charge in [-0.15, -0.1) is 0 Å². The van der Waals surface area contributed by atoms with Crippen LogP contribution in [0.3, 0.4) is 0 Å². The maximum absolute atomic E-state index is 5.76. The summed E-state index contributed by atoms with van der Waals surface area (Å²) in [7, 11) is 4.92. The molecule has 0 bridgehead atoms. The molecule has 2 aromatic carbocycles. The minimum absolute atomic E-state index is 0.603. The molecule has 0 aliphatic rings. The molecule has 0 saturated heterocycles. The number of hydrogen-bond donors (Lipinski definition) is 2. The van der Waals surface area contributed by atoms with E-state index in [0.29, 0.717) is 23.8 Å². The van der Waals surface area contributed by atoms with Gasteiger partial charge in [-0.2, -0.15) is 0 Å². The van der Waals surface area contributed by atoms with Crippen LogP contribution in [0.4, 0.5) is 0 Å². The van der Waals surface area contributed by atoms with Crippen molar-refractivity contribution in [2.45, 2.75) is 45.4 Å². The summed E-state index contributed by atoms with van der Waals surface area (Å²) in [5, 5.41) is 1.30. The van der Waals surface area contributed by atoms with Gasteiger partial charge in [0.1, 0.15) is 0 Å². The van der Waals surface area contributed by atoms with Crippen LogP contribution in [-0.2, 0) is 12.8 Å². The topological polar surface area (TPSA) is 69.5 Å². The van der Waals surface area contributed by atoms with E-state index in [0.717, 1.165) is 42.5 Å². The van der Waals surface area contributed by atoms with Crippen molar-refractivity contribution in [1.82, 2.24) is 4.98 Å². The lowest BCUT2D eigenvalue weighted by Gasteiger charge is -2.14. The molecule has 3 rings (SSSR count). The van der Waals surface area contributed by atoms with Crippen LogP contribution >= 0.6 is 0 Å². The number of ether oxygens (including phenoxy) is 3. The summed E-state index contributed by atoms with van der Waals surface area (Å²) >= 11 is 0. The van der Waals surface area contributed by atoms with Crippen LogP contribution in [0.2, 0.25) is 0 Å². The Bertz CT molecular complexity index is 953. The van der Waals surface area contributed by atoms with Crippen LogP contribution in [0.25, 0.3) is 22.2 Å². The zero-order valence-corrected chi connectivity index (χ0v) is 18.6. The fourth-order valence-electron chi connectivity index (χ4n) is 4.01. The molecule has 3 N–H and O–H groups in total. The zero-order chi connectivity index (χ0) is 21.5. The van der Waals surface area contributed by atoms with Crippen molar-refractivity contribution in [2.24, 2.45) is 5.73 Å². The first-order chi connectivity index (χ1) is 14.7. The lowest BCUT2D eigenvalue weighted by Crippen LogP contribution is -2.00. The number of aryl methyl sites for hydroxylation is 2. The monoisotopic (exact) mass is 410 g/mol. The Morgan fingerprint density at radius 3 is 2.20 bits per heavy atom. The molecular formula is C25H34N2O3. The van der Waals surface area contributed by atoms with Gasteiger partial charge < -0.3 is 24.9 Å². The van der Waals surface area contributed by atoms with Gasteiger partial charge in [-0.05, 0) is 74.0 Å². The van der Waals surface area contributed by atoms with E-state index in [-0.39, 0.29) is 0 Å². The first-order valence-corrected chi connectivity index (χ1v) is 10.8. The van der Waals surface area contributed by atoms with E-state index >= 15 is 0 Å². The van der Waals surface area contributed by atoms with Gasteiger partial charge >= 0.3 is 0 Å². The summed E-state index contributed by atoms with van der Waals surface area (Å²) in [4.78, 5) is 3.65. The number of aromatic amines is 1. The second-order valence-corrected chi connectivity index (χ2v) is 7.62. The molecule has 162 valence electrons. The molecule has 0 spiro atoms. The molecule has 5 heteroatoms. The SMILES string of the molecule is CCCCc1ccc2[nH]c(-c3cc(OC)c(OC)c(OC)c3)c(CCCCN)c2c1. The molecule has 1 aromatic heterocycles. The molecule has 0 fully saturated rings. The van der Waals surface area contributed by atoms with Gasteiger partial charge in [0, 0.05) is 22.2 Å². The number of rotatable bonds is 11. The van der Waals surface area contributed by atoms with Crippen LogP contribution in [0, 0.1) is 0 Å². The van der Waals surface area contributed by atoms with Crippen molar-refractivity contribution in [3.05, 3.63) is 41.5 Å². The van der Waals surface area contributed by atoms with Crippen molar-refractivity contribution >= 4 is 10.9 Å². The minimum atomic E-state index is 0.603. The van der Waals surface area contributed by atoms with Crippen molar-refractivity contribution in [2.75, 3.05) is 27.9 Å². The van der Waals surface area contributed by atoms with Gasteiger partial charge in [-0.25, -0.2) is 0 Å². The predicted octanol–water partition coefficient (Wildman–Crippen LogP) is 5.48. The van der Waals surface area contributed by atoms with Crippen molar-refractivity contribution < 1.29 is 14.2 Å². The average molecular weight is 411 g/mol. The van der Waals surface area contributed by atoms with Gasteiger partial charge in [0.15, 0.2) is 11.5 Å². The first kappa shape index (κ1) is 22.0. The average Bonchev–Trinajstić information content (AvgIpc) is 3.14. The Hall–Kier alpha value is -2.66. The lowest BCUT2D eigenvalue weighted by molar-refractivity contribution is 0.324. The fraction of sp³-hybridized carbons (Fsp3) is 0.440. The maximum Gasteiger partial charge on any atom is 0.203 e. The van der Waals surface area contributed by atoms with E-state index in [1.807, 2.05) is 12.1 Å². The number of H-pyrrole nitrogens is 1. The van der Waals surface area contributed by atoms with E-state index in [1.165, 1.54) is 29.4 Å². The quantitative estimate of drug-likeness (QED) is 0.410. The number of nitrogens with one attached hydrogen (secondary N) is 1. The Morgan fingerprint density at radius 1 is 0.867 bits per heavy atom. The van der Waals surface area contributed by atoms with Crippen LogP contribution in [0.5, 0.6) is 17.2 Å². The minimum Gasteiger partial charge on any atom is -0.493 e. The highest BCUT2D eigenvalue weighted by Crippen LogP contribution is 2.43. The summed E-state index contributed by atoms with van der Waals surface area (Å²) in [6, 6.07) is 10.8. The molecule has 0 aliphatic heterocycles. The van der Waals surface area contributed by atoms with Crippen molar-refractivity contribution in [3.63, 3.8) is 0 Å². The summed E-state index contributed by atoms with van der Waals surface area (Å²) in [5.74, 6) is 1.91. The van der Waals surface area contributed by atoms with Crippen molar-refractivity contribution in [3.8, 4) is 28.5 Å². The molecule has 5 nitrogen and oxygen atoms in total. The Balaban J connectivity index is 2.15. The fourth-order valence-corrected chi connectivity index (χ4v) is 4.01. The van der Waals surface area contributed by atoms with Gasteiger partial charge in [-0.3, -0.25) is 0 Å². The van der Waals surface area contributed by atoms with Gasteiger partial charge in [0.2, 0.25) is 5.75 Å². The number of nitrogens with two attached hydrogens (primary N) is 1. The van der Waals surface area contributed by atoms with Gasteiger partial charge in [-0.1, -0.05) is 19.4 Å². The highest BCUT2D eigenvalue weighted by molar-refractivity contribution is 5.92. The third kappa shape index (κ3) is 4.57. The molecule has 0 atom stereocenters. The molecule has 0 unspecified atom stereocenters. The van der Waals surface area contributed by atoms with E-state index in [4.69, 9.17) is 19.9 Å². The maximum atomic E-state index is 5.76. The number of unbranched alkanes of at least 4 members (excludes halogenated alkanes) is 2. The zero-order valence-electron chi connectivity index (χ0n) is 18.6. The van der Waals surface area contributed by atoms with Crippen molar-refractivity contribution in [1.29, 1.82) is 0 Å². The highest BCUT2D eigenvalue weighted by Gasteiger charge is 2.19. The largest absolute Gasteiger partial charge is 0.493 e.